The molecule has 23 heavy (non-hydrogen) atoms. The van der Waals surface area contributed by atoms with Crippen LogP contribution in [0.25, 0.3) is 5.69 Å². The zero-order chi connectivity index (χ0) is 16.4. The number of aromatic carboxylic acids is 1. The van der Waals surface area contributed by atoms with Gasteiger partial charge in [-0.3, -0.25) is 9.89 Å². The summed E-state index contributed by atoms with van der Waals surface area (Å²) in [5, 5.41) is 22.1. The van der Waals surface area contributed by atoms with Gasteiger partial charge in [-0.15, -0.1) is 0 Å². The Labute approximate surface area is 130 Å². The molecule has 3 N–H and O–H groups in total. The van der Waals surface area contributed by atoms with E-state index >= 15 is 0 Å². The molecule has 0 aliphatic heterocycles. The summed E-state index contributed by atoms with van der Waals surface area (Å²) in [7, 11) is 0. The number of aryl methyl sites for hydroxylation is 1. The zero-order valence-corrected chi connectivity index (χ0v) is 12.1. The Morgan fingerprint density at radius 2 is 1.91 bits per heavy atom. The minimum atomic E-state index is -1.08. The maximum atomic E-state index is 12.0. The van der Waals surface area contributed by atoms with Crippen LogP contribution in [-0.4, -0.2) is 37.0 Å². The van der Waals surface area contributed by atoms with Gasteiger partial charge in [0.05, 0.1) is 5.69 Å². The lowest BCUT2D eigenvalue weighted by Crippen LogP contribution is -2.12. The van der Waals surface area contributed by atoms with Gasteiger partial charge in [0.2, 0.25) is 0 Å². The van der Waals surface area contributed by atoms with Gasteiger partial charge in [0, 0.05) is 17.6 Å². The summed E-state index contributed by atoms with van der Waals surface area (Å²) in [6.07, 6.45) is 1.56. The van der Waals surface area contributed by atoms with Gasteiger partial charge in [-0.05, 0) is 43.3 Å². The Morgan fingerprint density at radius 1 is 1.17 bits per heavy atom. The Balaban J connectivity index is 1.74. The first-order valence-corrected chi connectivity index (χ1v) is 6.76. The van der Waals surface area contributed by atoms with Gasteiger partial charge >= 0.3 is 5.97 Å². The number of rotatable bonds is 4. The third kappa shape index (κ3) is 3.10. The molecule has 0 saturated carbocycles. The number of anilines is 1. The van der Waals surface area contributed by atoms with Crippen molar-refractivity contribution < 1.29 is 14.7 Å². The predicted octanol–water partition coefficient (Wildman–Crippen LogP) is 1.85. The van der Waals surface area contributed by atoms with E-state index in [-0.39, 0.29) is 11.6 Å². The van der Waals surface area contributed by atoms with E-state index in [2.05, 4.69) is 20.6 Å². The molecule has 0 bridgehead atoms. The Hall–Kier alpha value is -3.42. The lowest BCUT2D eigenvalue weighted by molar-refractivity contribution is 0.0689. The van der Waals surface area contributed by atoms with Crippen molar-refractivity contribution in [2.24, 2.45) is 0 Å². The summed E-state index contributed by atoms with van der Waals surface area (Å²) in [6.45, 7) is 1.81. The van der Waals surface area contributed by atoms with Crippen LogP contribution in [0.5, 0.6) is 0 Å². The van der Waals surface area contributed by atoms with Crippen molar-refractivity contribution in [2.75, 3.05) is 5.32 Å². The molecule has 3 aromatic rings. The molecule has 2 aromatic heterocycles. The molecule has 0 radical (unpaired) electrons. The second kappa shape index (κ2) is 5.76. The number of carbonyl (C=O) groups excluding carboxylic acids is 1. The maximum Gasteiger partial charge on any atom is 0.356 e. The molecule has 8 heteroatoms. The topological polar surface area (TPSA) is 113 Å². The SMILES string of the molecule is Cc1cc(C(=O)Nc2ccc(-n3ccc(C(=O)O)n3)cc2)n[nH]1. The van der Waals surface area contributed by atoms with E-state index in [0.29, 0.717) is 17.1 Å². The second-order valence-electron chi connectivity index (χ2n) is 4.89. The summed E-state index contributed by atoms with van der Waals surface area (Å²) in [5.74, 6) is -1.39. The normalized spacial score (nSPS) is 10.5. The quantitative estimate of drug-likeness (QED) is 0.680. The molecule has 0 aliphatic rings. The van der Waals surface area contributed by atoms with E-state index < -0.39 is 5.97 Å². The van der Waals surface area contributed by atoms with Crippen molar-refractivity contribution in [1.82, 2.24) is 20.0 Å². The number of hydrogen-bond acceptors (Lipinski definition) is 4. The molecule has 2 heterocycles. The van der Waals surface area contributed by atoms with Crippen LogP contribution in [0.3, 0.4) is 0 Å². The smallest absolute Gasteiger partial charge is 0.356 e. The van der Waals surface area contributed by atoms with E-state index in [1.165, 1.54) is 10.7 Å². The minimum Gasteiger partial charge on any atom is -0.476 e. The van der Waals surface area contributed by atoms with Crippen LogP contribution in [0.15, 0.2) is 42.6 Å². The number of nitrogens with one attached hydrogen (secondary N) is 2. The molecule has 0 atom stereocenters. The molecule has 116 valence electrons. The predicted molar refractivity (Wildman–Crippen MR) is 81.8 cm³/mol. The van der Waals surface area contributed by atoms with Crippen LogP contribution in [0.2, 0.25) is 0 Å². The summed E-state index contributed by atoms with van der Waals surface area (Å²) in [5.41, 5.74) is 2.37. The molecule has 0 fully saturated rings. The van der Waals surface area contributed by atoms with Crippen molar-refractivity contribution >= 4 is 17.6 Å². The highest BCUT2D eigenvalue weighted by molar-refractivity contribution is 6.02. The standard InChI is InChI=1S/C15H13N5O3/c1-9-8-13(18-17-9)14(21)16-10-2-4-11(5-3-10)20-7-6-12(19-20)15(22)23/h2-8H,1H3,(H,16,21)(H,17,18)(H,22,23). The van der Waals surface area contributed by atoms with Crippen molar-refractivity contribution in [3.63, 3.8) is 0 Å². The highest BCUT2D eigenvalue weighted by atomic mass is 16.4. The van der Waals surface area contributed by atoms with Crippen molar-refractivity contribution in [2.45, 2.75) is 6.92 Å². The highest BCUT2D eigenvalue weighted by Crippen LogP contribution is 2.14. The minimum absolute atomic E-state index is 0.0312. The van der Waals surface area contributed by atoms with Gasteiger partial charge in [0.25, 0.3) is 5.91 Å². The Morgan fingerprint density at radius 3 is 2.48 bits per heavy atom. The maximum absolute atomic E-state index is 12.0. The molecular formula is C15H13N5O3. The van der Waals surface area contributed by atoms with Crippen molar-refractivity contribution in [3.05, 3.63) is 59.7 Å². The summed E-state index contributed by atoms with van der Waals surface area (Å²) in [6, 6.07) is 9.93. The number of aromatic amines is 1. The number of carboxylic acids is 1. The molecule has 3 rings (SSSR count). The summed E-state index contributed by atoms with van der Waals surface area (Å²) in [4.78, 5) is 22.8. The molecule has 0 spiro atoms. The van der Waals surface area contributed by atoms with E-state index in [1.807, 2.05) is 6.92 Å². The second-order valence-corrected chi connectivity index (χ2v) is 4.89. The average Bonchev–Trinajstić information content (AvgIpc) is 3.17. The first-order chi connectivity index (χ1) is 11.0. The number of benzene rings is 1. The number of hydrogen-bond donors (Lipinski definition) is 3. The Kier molecular flexibility index (Phi) is 3.63. The number of carboxylic acid groups (broad SMARTS) is 1. The van der Waals surface area contributed by atoms with E-state index in [4.69, 9.17) is 5.11 Å². The van der Waals surface area contributed by atoms with Gasteiger partial charge in [-0.25, -0.2) is 9.48 Å². The largest absolute Gasteiger partial charge is 0.476 e. The fourth-order valence-corrected chi connectivity index (χ4v) is 2.01. The van der Waals surface area contributed by atoms with Gasteiger partial charge in [-0.2, -0.15) is 10.2 Å². The first kappa shape index (κ1) is 14.5. The first-order valence-electron chi connectivity index (χ1n) is 6.76. The van der Waals surface area contributed by atoms with Crippen molar-refractivity contribution in [1.29, 1.82) is 0 Å². The molecular weight excluding hydrogens is 298 g/mol. The van der Waals surface area contributed by atoms with Gasteiger partial charge < -0.3 is 10.4 Å². The van der Waals surface area contributed by atoms with Crippen LogP contribution in [-0.2, 0) is 0 Å². The summed E-state index contributed by atoms with van der Waals surface area (Å²) < 4.78 is 1.45. The van der Waals surface area contributed by atoms with E-state index in [1.54, 1.807) is 36.5 Å². The third-order valence-electron chi connectivity index (χ3n) is 3.14. The number of carbonyl (C=O) groups is 2. The number of aromatic nitrogens is 4. The molecule has 1 aromatic carbocycles. The fourth-order valence-electron chi connectivity index (χ4n) is 2.01. The van der Waals surface area contributed by atoms with Crippen LogP contribution < -0.4 is 5.32 Å². The van der Waals surface area contributed by atoms with Gasteiger partial charge in [0.1, 0.15) is 0 Å². The molecule has 0 aliphatic carbocycles. The van der Waals surface area contributed by atoms with Crippen LogP contribution in [0.1, 0.15) is 26.7 Å². The lowest BCUT2D eigenvalue weighted by Gasteiger charge is -2.05. The molecule has 8 nitrogen and oxygen atoms in total. The van der Waals surface area contributed by atoms with Gasteiger partial charge in [0.15, 0.2) is 11.4 Å². The monoisotopic (exact) mass is 311 g/mol. The molecule has 0 unspecified atom stereocenters. The third-order valence-corrected chi connectivity index (χ3v) is 3.14. The fraction of sp³-hybridized carbons (Fsp3) is 0.0667. The molecule has 0 saturated heterocycles. The van der Waals surface area contributed by atoms with Crippen molar-refractivity contribution in [3.8, 4) is 5.69 Å². The number of H-pyrrole nitrogens is 1. The average molecular weight is 311 g/mol. The van der Waals surface area contributed by atoms with Crippen LogP contribution >= 0.6 is 0 Å². The van der Waals surface area contributed by atoms with E-state index in [0.717, 1.165) is 5.69 Å². The van der Waals surface area contributed by atoms with Gasteiger partial charge in [-0.1, -0.05) is 0 Å². The lowest BCUT2D eigenvalue weighted by atomic mass is 10.2. The number of amides is 1. The highest BCUT2D eigenvalue weighted by Gasteiger charge is 2.10. The van der Waals surface area contributed by atoms with E-state index in [9.17, 15) is 9.59 Å². The van der Waals surface area contributed by atoms with Crippen LogP contribution in [0.4, 0.5) is 5.69 Å². The number of nitrogens with zero attached hydrogens (tertiary/aromatic N) is 3. The molecule has 1 amide bonds. The summed E-state index contributed by atoms with van der Waals surface area (Å²) >= 11 is 0. The Bertz CT molecular complexity index is 863. The van der Waals surface area contributed by atoms with Crippen LogP contribution in [0, 0.1) is 6.92 Å². The zero-order valence-electron chi connectivity index (χ0n) is 12.1.